The molecule has 1 atom stereocenters. The van der Waals surface area contributed by atoms with E-state index in [9.17, 15) is 4.79 Å². The highest BCUT2D eigenvalue weighted by Gasteiger charge is 2.35. The first-order chi connectivity index (χ1) is 8.05. The molecule has 86 valence electrons. The Morgan fingerprint density at radius 2 is 2.29 bits per heavy atom. The van der Waals surface area contributed by atoms with Gasteiger partial charge in [-0.15, -0.1) is 0 Å². The lowest BCUT2D eigenvalue weighted by Gasteiger charge is -2.24. The van der Waals surface area contributed by atoms with Crippen molar-refractivity contribution in [1.29, 1.82) is 10.5 Å². The number of nitrogens with zero attached hydrogens (tertiary/aromatic N) is 3. The number of aromatic nitrogens is 2. The maximum absolute atomic E-state index is 11.6. The number of hydrogen-bond donors (Lipinski definition) is 1. The summed E-state index contributed by atoms with van der Waals surface area (Å²) in [5.41, 5.74) is 0.841. The molecule has 17 heavy (non-hydrogen) atoms. The lowest BCUT2D eigenvalue weighted by atomic mass is 9.76. The second kappa shape index (κ2) is 3.64. The fourth-order valence-corrected chi connectivity index (χ4v) is 2.15. The Hall–Kier alpha value is -2.27. The second-order valence-corrected chi connectivity index (χ2v) is 4.33. The molecule has 0 spiro atoms. The number of hydrogen-bond acceptors (Lipinski definition) is 3. The van der Waals surface area contributed by atoms with Crippen LogP contribution in [0.3, 0.4) is 0 Å². The van der Waals surface area contributed by atoms with Gasteiger partial charge in [0.05, 0.1) is 28.8 Å². The van der Waals surface area contributed by atoms with E-state index in [1.165, 1.54) is 0 Å². The zero-order valence-corrected chi connectivity index (χ0v) is 9.74. The van der Waals surface area contributed by atoms with Gasteiger partial charge in [-0.05, 0) is 19.9 Å². The van der Waals surface area contributed by atoms with E-state index in [1.54, 1.807) is 17.6 Å². The molecule has 1 aromatic rings. The van der Waals surface area contributed by atoms with Crippen molar-refractivity contribution in [1.82, 2.24) is 9.55 Å². The van der Waals surface area contributed by atoms with Crippen molar-refractivity contribution < 1.29 is 0 Å². The van der Waals surface area contributed by atoms with E-state index < -0.39 is 5.41 Å². The molecule has 5 heteroatoms. The number of allylic oxidation sites excluding steroid dienone is 1. The van der Waals surface area contributed by atoms with Crippen LogP contribution >= 0.6 is 0 Å². The zero-order chi connectivity index (χ0) is 12.6. The Kier molecular flexibility index (Phi) is 2.40. The molecule has 5 nitrogen and oxygen atoms in total. The summed E-state index contributed by atoms with van der Waals surface area (Å²) in [4.78, 5) is 14.4. The lowest BCUT2D eigenvalue weighted by molar-refractivity contribution is 0.529. The van der Waals surface area contributed by atoms with E-state index in [0.717, 1.165) is 11.4 Å². The monoisotopic (exact) mass is 228 g/mol. The molecule has 1 N–H and O–H groups in total. The topological polar surface area (TPSA) is 85.4 Å². The van der Waals surface area contributed by atoms with Gasteiger partial charge in [0.1, 0.15) is 0 Å². The number of nitriles is 2. The average Bonchev–Trinajstić information content (AvgIpc) is 2.62. The van der Waals surface area contributed by atoms with Crippen LogP contribution in [0.5, 0.6) is 0 Å². The third kappa shape index (κ3) is 1.48. The van der Waals surface area contributed by atoms with E-state index in [4.69, 9.17) is 10.5 Å². The number of aromatic amines is 1. The highest BCUT2D eigenvalue weighted by Crippen LogP contribution is 2.36. The molecule has 1 aromatic heterocycles. The third-order valence-corrected chi connectivity index (χ3v) is 3.19. The SMILES string of the molecule is CCn1c2c([nH]c1=O)CC(C)(C#N)C(C#N)=C2. The fraction of sp³-hybridized carbons (Fsp3) is 0.417. The second-order valence-electron chi connectivity index (χ2n) is 4.33. The molecule has 0 amide bonds. The van der Waals surface area contributed by atoms with Crippen molar-refractivity contribution in [3.8, 4) is 12.1 Å². The maximum Gasteiger partial charge on any atom is 0.326 e. The Bertz CT molecular complexity index is 635. The molecule has 2 rings (SSSR count). The van der Waals surface area contributed by atoms with E-state index in [2.05, 4.69) is 17.1 Å². The quantitative estimate of drug-likeness (QED) is 0.783. The normalized spacial score (nSPS) is 22.2. The van der Waals surface area contributed by atoms with Gasteiger partial charge in [0, 0.05) is 18.7 Å². The Morgan fingerprint density at radius 1 is 1.59 bits per heavy atom. The van der Waals surface area contributed by atoms with Gasteiger partial charge in [0.2, 0.25) is 0 Å². The minimum absolute atomic E-state index is 0.187. The van der Waals surface area contributed by atoms with Crippen LogP contribution in [0.25, 0.3) is 6.08 Å². The van der Waals surface area contributed by atoms with Crippen molar-refractivity contribution in [2.45, 2.75) is 26.8 Å². The summed E-state index contributed by atoms with van der Waals surface area (Å²) in [5.74, 6) is 0. The summed E-state index contributed by atoms with van der Waals surface area (Å²) in [6.45, 7) is 4.13. The maximum atomic E-state index is 11.6. The molecule has 0 aromatic carbocycles. The molecule has 0 saturated carbocycles. The Morgan fingerprint density at radius 3 is 2.82 bits per heavy atom. The number of nitrogens with one attached hydrogen (secondary N) is 1. The number of H-pyrrole nitrogens is 1. The van der Waals surface area contributed by atoms with Crippen LogP contribution < -0.4 is 5.69 Å². The van der Waals surface area contributed by atoms with Crippen LogP contribution in [0.15, 0.2) is 10.4 Å². The first-order valence-corrected chi connectivity index (χ1v) is 5.41. The smallest absolute Gasteiger partial charge is 0.309 e. The first kappa shape index (κ1) is 11.2. The van der Waals surface area contributed by atoms with Crippen LogP contribution in [-0.4, -0.2) is 9.55 Å². The minimum Gasteiger partial charge on any atom is -0.309 e. The van der Waals surface area contributed by atoms with E-state index in [-0.39, 0.29) is 5.69 Å². The van der Waals surface area contributed by atoms with Gasteiger partial charge in [-0.1, -0.05) is 0 Å². The van der Waals surface area contributed by atoms with Crippen LogP contribution in [0, 0.1) is 28.1 Å². The third-order valence-electron chi connectivity index (χ3n) is 3.19. The highest BCUT2D eigenvalue weighted by molar-refractivity contribution is 5.63. The summed E-state index contributed by atoms with van der Waals surface area (Å²) in [7, 11) is 0. The van der Waals surface area contributed by atoms with Crippen molar-refractivity contribution in [2.24, 2.45) is 5.41 Å². The number of rotatable bonds is 1. The van der Waals surface area contributed by atoms with Crippen molar-refractivity contribution in [3.63, 3.8) is 0 Å². The van der Waals surface area contributed by atoms with Gasteiger partial charge in [-0.3, -0.25) is 4.57 Å². The zero-order valence-electron chi connectivity index (χ0n) is 9.74. The summed E-state index contributed by atoms with van der Waals surface area (Å²) in [6, 6.07) is 4.20. The van der Waals surface area contributed by atoms with Gasteiger partial charge in [0.15, 0.2) is 0 Å². The summed E-state index contributed by atoms with van der Waals surface area (Å²) in [6.07, 6.45) is 2.02. The predicted molar refractivity (Wildman–Crippen MR) is 61.7 cm³/mol. The highest BCUT2D eigenvalue weighted by atomic mass is 16.1. The van der Waals surface area contributed by atoms with Crippen LogP contribution in [-0.2, 0) is 13.0 Å². The molecular formula is C12H12N4O. The largest absolute Gasteiger partial charge is 0.326 e. The lowest BCUT2D eigenvalue weighted by Crippen LogP contribution is -2.24. The van der Waals surface area contributed by atoms with Crippen LogP contribution in [0.1, 0.15) is 25.2 Å². The molecular weight excluding hydrogens is 216 g/mol. The Labute approximate surface area is 98.6 Å². The van der Waals surface area contributed by atoms with Crippen molar-refractivity contribution in [3.05, 3.63) is 27.4 Å². The van der Waals surface area contributed by atoms with Gasteiger partial charge in [-0.2, -0.15) is 10.5 Å². The van der Waals surface area contributed by atoms with E-state index in [0.29, 0.717) is 18.5 Å². The minimum atomic E-state index is -0.843. The van der Waals surface area contributed by atoms with E-state index >= 15 is 0 Å². The number of imidazole rings is 1. The van der Waals surface area contributed by atoms with E-state index in [1.807, 2.05) is 6.92 Å². The summed E-state index contributed by atoms with van der Waals surface area (Å²) >= 11 is 0. The molecule has 0 aliphatic heterocycles. The standard InChI is InChI=1S/C12H12N4O/c1-3-16-10-4-8(6-13)12(2,7-14)5-9(10)15-11(16)17/h4H,3,5H2,1-2H3,(H,15,17). The van der Waals surface area contributed by atoms with Gasteiger partial charge in [0.25, 0.3) is 0 Å². The van der Waals surface area contributed by atoms with Crippen molar-refractivity contribution in [2.75, 3.05) is 0 Å². The molecule has 1 heterocycles. The molecule has 0 radical (unpaired) electrons. The fourth-order valence-electron chi connectivity index (χ4n) is 2.15. The van der Waals surface area contributed by atoms with Gasteiger partial charge >= 0.3 is 5.69 Å². The first-order valence-electron chi connectivity index (χ1n) is 5.41. The summed E-state index contributed by atoms with van der Waals surface area (Å²) in [5, 5.41) is 18.3. The van der Waals surface area contributed by atoms with Gasteiger partial charge in [-0.25, -0.2) is 4.79 Å². The molecule has 0 saturated heterocycles. The molecule has 0 fully saturated rings. The average molecular weight is 228 g/mol. The predicted octanol–water partition coefficient (Wildman–Crippen LogP) is 1.19. The molecule has 1 aliphatic carbocycles. The van der Waals surface area contributed by atoms with Crippen molar-refractivity contribution >= 4 is 6.08 Å². The Balaban J connectivity index is 2.69. The summed E-state index contributed by atoms with van der Waals surface area (Å²) < 4.78 is 1.57. The van der Waals surface area contributed by atoms with Crippen LogP contribution in [0.4, 0.5) is 0 Å². The number of fused-ring (bicyclic) bond motifs is 1. The molecule has 1 aliphatic rings. The van der Waals surface area contributed by atoms with Crippen LogP contribution in [0.2, 0.25) is 0 Å². The molecule has 1 unspecified atom stereocenters. The van der Waals surface area contributed by atoms with Gasteiger partial charge < -0.3 is 4.98 Å². The molecule has 0 bridgehead atoms.